The first-order chi connectivity index (χ1) is 5.43. The SMILES string of the molecule is C=CC[C@H](C=C)[C@@H](C)S(N)(=O)=O. The Hall–Kier alpha value is -0.610. The summed E-state index contributed by atoms with van der Waals surface area (Å²) in [6, 6.07) is 0. The van der Waals surface area contributed by atoms with Crippen LogP contribution >= 0.6 is 0 Å². The van der Waals surface area contributed by atoms with E-state index in [2.05, 4.69) is 13.2 Å². The fraction of sp³-hybridized carbons (Fsp3) is 0.500. The molecule has 0 aromatic heterocycles. The molecule has 2 atom stereocenters. The lowest BCUT2D eigenvalue weighted by atomic mass is 10.0. The number of hydrogen-bond acceptors (Lipinski definition) is 2. The molecule has 0 bridgehead atoms. The van der Waals surface area contributed by atoms with Crippen LogP contribution in [0.25, 0.3) is 0 Å². The summed E-state index contributed by atoms with van der Waals surface area (Å²) in [6.45, 7) is 8.65. The Kier molecular flexibility index (Phi) is 4.20. The van der Waals surface area contributed by atoms with Gasteiger partial charge in [-0.05, 0) is 19.3 Å². The lowest BCUT2D eigenvalue weighted by Gasteiger charge is -2.16. The third kappa shape index (κ3) is 3.19. The Morgan fingerprint density at radius 2 is 2.00 bits per heavy atom. The maximum atomic E-state index is 10.9. The topological polar surface area (TPSA) is 60.2 Å². The number of primary sulfonamides is 1. The molecule has 0 aliphatic heterocycles. The number of rotatable bonds is 5. The molecule has 12 heavy (non-hydrogen) atoms. The van der Waals surface area contributed by atoms with Crippen LogP contribution in [0, 0.1) is 5.92 Å². The molecule has 0 spiro atoms. The van der Waals surface area contributed by atoms with E-state index in [1.165, 1.54) is 0 Å². The molecule has 0 aliphatic carbocycles. The zero-order valence-corrected chi connectivity index (χ0v) is 8.05. The fourth-order valence-corrected chi connectivity index (χ4v) is 1.63. The van der Waals surface area contributed by atoms with Crippen LogP contribution in [0.5, 0.6) is 0 Å². The molecule has 0 aromatic carbocycles. The monoisotopic (exact) mass is 189 g/mol. The van der Waals surface area contributed by atoms with E-state index in [-0.39, 0.29) is 5.92 Å². The molecule has 0 heterocycles. The van der Waals surface area contributed by atoms with Gasteiger partial charge in [-0.25, -0.2) is 13.6 Å². The summed E-state index contributed by atoms with van der Waals surface area (Å²) in [5.41, 5.74) is 0. The predicted octanol–water partition coefficient (Wildman–Crippen LogP) is 1.04. The maximum Gasteiger partial charge on any atom is 0.212 e. The third-order valence-electron chi connectivity index (χ3n) is 1.86. The van der Waals surface area contributed by atoms with E-state index >= 15 is 0 Å². The maximum absolute atomic E-state index is 10.9. The Labute approximate surface area is 74.0 Å². The summed E-state index contributed by atoms with van der Waals surface area (Å²) in [7, 11) is -3.46. The van der Waals surface area contributed by atoms with Gasteiger partial charge in [0.05, 0.1) is 5.25 Å². The van der Waals surface area contributed by atoms with Gasteiger partial charge in [0, 0.05) is 0 Å². The van der Waals surface area contributed by atoms with Gasteiger partial charge in [0.15, 0.2) is 0 Å². The van der Waals surface area contributed by atoms with Crippen LogP contribution in [0.2, 0.25) is 0 Å². The molecule has 0 rings (SSSR count). The van der Waals surface area contributed by atoms with Crippen molar-refractivity contribution in [2.75, 3.05) is 0 Å². The Balaban J connectivity index is 4.52. The van der Waals surface area contributed by atoms with Crippen LogP contribution in [0.1, 0.15) is 13.3 Å². The van der Waals surface area contributed by atoms with Crippen molar-refractivity contribution in [2.24, 2.45) is 11.1 Å². The van der Waals surface area contributed by atoms with E-state index in [4.69, 9.17) is 5.14 Å². The van der Waals surface area contributed by atoms with Gasteiger partial charge in [0.2, 0.25) is 10.0 Å². The van der Waals surface area contributed by atoms with E-state index in [9.17, 15) is 8.42 Å². The van der Waals surface area contributed by atoms with Gasteiger partial charge in [0.25, 0.3) is 0 Å². The highest BCUT2D eigenvalue weighted by atomic mass is 32.2. The molecule has 0 radical (unpaired) electrons. The second kappa shape index (κ2) is 4.42. The van der Waals surface area contributed by atoms with Gasteiger partial charge in [-0.15, -0.1) is 13.2 Å². The second-order valence-electron chi connectivity index (χ2n) is 2.72. The van der Waals surface area contributed by atoms with Crippen LogP contribution in [-0.2, 0) is 10.0 Å². The zero-order valence-electron chi connectivity index (χ0n) is 7.23. The summed E-state index contributed by atoms with van der Waals surface area (Å²) < 4.78 is 21.8. The lowest BCUT2D eigenvalue weighted by molar-refractivity contribution is 0.552. The van der Waals surface area contributed by atoms with E-state index in [1.807, 2.05) is 0 Å². The van der Waals surface area contributed by atoms with Gasteiger partial charge in [0.1, 0.15) is 0 Å². The van der Waals surface area contributed by atoms with Crippen LogP contribution in [0.15, 0.2) is 25.3 Å². The summed E-state index contributed by atoms with van der Waals surface area (Å²) in [4.78, 5) is 0. The summed E-state index contributed by atoms with van der Waals surface area (Å²) in [6.07, 6.45) is 3.84. The normalized spacial score (nSPS) is 16.5. The molecule has 3 nitrogen and oxygen atoms in total. The second-order valence-corrected chi connectivity index (χ2v) is 4.64. The number of allylic oxidation sites excluding steroid dienone is 2. The van der Waals surface area contributed by atoms with E-state index < -0.39 is 15.3 Å². The molecular weight excluding hydrogens is 174 g/mol. The first-order valence-electron chi connectivity index (χ1n) is 3.68. The van der Waals surface area contributed by atoms with Crippen LogP contribution in [-0.4, -0.2) is 13.7 Å². The van der Waals surface area contributed by atoms with E-state index in [0.717, 1.165) is 0 Å². The molecule has 0 aromatic rings. The van der Waals surface area contributed by atoms with E-state index in [0.29, 0.717) is 6.42 Å². The predicted molar refractivity (Wildman–Crippen MR) is 51.1 cm³/mol. The zero-order chi connectivity index (χ0) is 9.78. The van der Waals surface area contributed by atoms with Gasteiger partial charge in [-0.1, -0.05) is 12.2 Å². The Morgan fingerprint density at radius 1 is 1.50 bits per heavy atom. The molecular formula is C8H15NO2S. The molecule has 0 aliphatic rings. The van der Waals surface area contributed by atoms with Crippen molar-refractivity contribution >= 4 is 10.0 Å². The molecule has 4 heteroatoms. The van der Waals surface area contributed by atoms with Crippen molar-refractivity contribution in [3.8, 4) is 0 Å². The molecule has 0 saturated heterocycles. The molecule has 0 fully saturated rings. The van der Waals surface area contributed by atoms with Crippen molar-refractivity contribution in [3.63, 3.8) is 0 Å². The molecule has 70 valence electrons. The van der Waals surface area contributed by atoms with Crippen molar-refractivity contribution in [1.82, 2.24) is 0 Å². The van der Waals surface area contributed by atoms with Crippen LogP contribution < -0.4 is 5.14 Å². The van der Waals surface area contributed by atoms with Crippen LogP contribution in [0.4, 0.5) is 0 Å². The van der Waals surface area contributed by atoms with Gasteiger partial charge in [-0.3, -0.25) is 0 Å². The number of nitrogens with two attached hydrogens (primary N) is 1. The Morgan fingerprint density at radius 3 is 2.25 bits per heavy atom. The lowest BCUT2D eigenvalue weighted by Crippen LogP contribution is -2.31. The molecule has 2 N–H and O–H groups in total. The molecule has 0 amide bonds. The molecule has 0 saturated carbocycles. The number of sulfonamides is 1. The first-order valence-corrected chi connectivity index (χ1v) is 5.29. The van der Waals surface area contributed by atoms with Crippen molar-refractivity contribution < 1.29 is 8.42 Å². The minimum atomic E-state index is -3.46. The Bertz CT molecular complexity index is 256. The van der Waals surface area contributed by atoms with E-state index in [1.54, 1.807) is 19.1 Å². The fourth-order valence-electron chi connectivity index (χ4n) is 0.916. The van der Waals surface area contributed by atoms with Crippen molar-refractivity contribution in [2.45, 2.75) is 18.6 Å². The van der Waals surface area contributed by atoms with Gasteiger partial charge < -0.3 is 0 Å². The largest absolute Gasteiger partial charge is 0.228 e. The highest BCUT2D eigenvalue weighted by Gasteiger charge is 2.22. The van der Waals surface area contributed by atoms with Gasteiger partial charge in [-0.2, -0.15) is 0 Å². The molecule has 0 unspecified atom stereocenters. The highest BCUT2D eigenvalue weighted by Crippen LogP contribution is 2.15. The smallest absolute Gasteiger partial charge is 0.212 e. The quantitative estimate of drug-likeness (QED) is 0.657. The first kappa shape index (κ1) is 11.4. The summed E-state index contributed by atoms with van der Waals surface area (Å²) in [5, 5.41) is 4.39. The van der Waals surface area contributed by atoms with Crippen LogP contribution in [0.3, 0.4) is 0 Å². The van der Waals surface area contributed by atoms with Gasteiger partial charge >= 0.3 is 0 Å². The summed E-state index contributed by atoms with van der Waals surface area (Å²) in [5.74, 6) is -0.141. The van der Waals surface area contributed by atoms with Crippen molar-refractivity contribution in [3.05, 3.63) is 25.3 Å². The minimum absolute atomic E-state index is 0.141. The average molecular weight is 189 g/mol. The highest BCUT2D eigenvalue weighted by molar-refractivity contribution is 7.89. The summed E-state index contributed by atoms with van der Waals surface area (Å²) >= 11 is 0. The van der Waals surface area contributed by atoms with Crippen molar-refractivity contribution in [1.29, 1.82) is 0 Å². The minimum Gasteiger partial charge on any atom is -0.228 e. The standard InChI is InChI=1S/C8H15NO2S/c1-4-6-8(5-2)7(3)12(9,10)11/h4-5,7-8H,1-2,6H2,3H3,(H2,9,10,11)/t7-,8+/m1/s1. The third-order valence-corrected chi connectivity index (χ3v) is 3.25. The number of hydrogen-bond donors (Lipinski definition) is 1. The average Bonchev–Trinajstić information content (AvgIpc) is 1.97.